The molecule has 1 saturated heterocycles. The van der Waals surface area contributed by atoms with Crippen molar-refractivity contribution in [2.45, 2.75) is 25.3 Å². The minimum Gasteiger partial charge on any atom is -0.497 e. The fourth-order valence-electron chi connectivity index (χ4n) is 4.36. The summed E-state index contributed by atoms with van der Waals surface area (Å²) in [7, 11) is 3.85. The van der Waals surface area contributed by atoms with Crippen LogP contribution < -0.4 is 10.1 Å². The molecule has 0 radical (unpaired) electrons. The van der Waals surface area contributed by atoms with Gasteiger partial charge >= 0.3 is 0 Å². The SMILES string of the molecule is COc1ccc(CNc2nccc(-c3[nH]c(C4CCN(C)CC4)nc3-c3ccccc3)n2)cc1. The molecular weight excluding hydrogens is 424 g/mol. The van der Waals surface area contributed by atoms with Crippen molar-refractivity contribution in [3.05, 3.63) is 78.2 Å². The van der Waals surface area contributed by atoms with Crippen LogP contribution in [0.2, 0.25) is 0 Å². The molecule has 7 heteroatoms. The van der Waals surface area contributed by atoms with Crippen molar-refractivity contribution in [1.82, 2.24) is 24.8 Å². The first kappa shape index (κ1) is 22.1. The van der Waals surface area contributed by atoms with Crippen molar-refractivity contribution in [3.63, 3.8) is 0 Å². The number of hydrogen-bond acceptors (Lipinski definition) is 6. The molecule has 0 bridgehead atoms. The summed E-state index contributed by atoms with van der Waals surface area (Å²) < 4.78 is 5.24. The van der Waals surface area contributed by atoms with Crippen LogP contribution in [-0.2, 0) is 6.54 Å². The van der Waals surface area contributed by atoms with Gasteiger partial charge in [-0.15, -0.1) is 0 Å². The number of likely N-dealkylation sites (tertiary alicyclic amines) is 1. The molecule has 1 aliphatic heterocycles. The van der Waals surface area contributed by atoms with E-state index in [1.807, 2.05) is 48.5 Å². The highest BCUT2D eigenvalue weighted by atomic mass is 16.5. The molecule has 0 atom stereocenters. The smallest absolute Gasteiger partial charge is 0.223 e. The number of aromatic nitrogens is 4. The normalized spacial score (nSPS) is 14.8. The Bertz CT molecular complexity index is 1210. The van der Waals surface area contributed by atoms with Gasteiger partial charge in [-0.3, -0.25) is 0 Å². The molecule has 1 fully saturated rings. The number of rotatable bonds is 7. The van der Waals surface area contributed by atoms with Crippen molar-refractivity contribution < 1.29 is 4.74 Å². The zero-order valence-electron chi connectivity index (χ0n) is 19.7. The molecule has 0 unspecified atom stereocenters. The molecule has 2 aromatic carbocycles. The van der Waals surface area contributed by atoms with E-state index >= 15 is 0 Å². The van der Waals surface area contributed by atoms with Gasteiger partial charge in [0.1, 0.15) is 11.6 Å². The number of imidazole rings is 1. The summed E-state index contributed by atoms with van der Waals surface area (Å²) in [6, 6.07) is 20.2. The lowest BCUT2D eigenvalue weighted by Crippen LogP contribution is -2.29. The van der Waals surface area contributed by atoms with E-state index in [1.165, 1.54) is 0 Å². The summed E-state index contributed by atoms with van der Waals surface area (Å²) in [5.41, 5.74) is 4.92. The molecule has 4 aromatic rings. The summed E-state index contributed by atoms with van der Waals surface area (Å²) in [4.78, 5) is 20.3. The predicted octanol–water partition coefficient (Wildman–Crippen LogP) is 4.96. The van der Waals surface area contributed by atoms with Gasteiger partial charge in [0.25, 0.3) is 0 Å². The molecular formula is C27H30N6O. The number of hydrogen-bond donors (Lipinski definition) is 2. The third-order valence-electron chi connectivity index (χ3n) is 6.40. The molecule has 0 saturated carbocycles. The molecule has 1 aliphatic rings. The molecule has 34 heavy (non-hydrogen) atoms. The van der Waals surface area contributed by atoms with E-state index in [9.17, 15) is 0 Å². The Hall–Kier alpha value is -3.71. The van der Waals surface area contributed by atoms with Crippen LogP contribution in [-0.4, -0.2) is 52.1 Å². The Morgan fingerprint density at radius 2 is 1.76 bits per heavy atom. The molecule has 2 N–H and O–H groups in total. The number of piperidine rings is 1. The standard InChI is InChI=1S/C27H30N6O/c1-33-16-13-21(14-17-33)26-31-24(20-6-4-3-5-7-20)25(32-26)23-12-15-28-27(30-23)29-18-19-8-10-22(34-2)11-9-19/h3-12,15,21H,13-14,16-18H2,1-2H3,(H,31,32)(H,28,29,30). The quantitative estimate of drug-likeness (QED) is 0.411. The number of nitrogens with zero attached hydrogens (tertiary/aromatic N) is 4. The van der Waals surface area contributed by atoms with Crippen LogP contribution in [0.25, 0.3) is 22.6 Å². The minimum absolute atomic E-state index is 0.432. The lowest BCUT2D eigenvalue weighted by Gasteiger charge is -2.27. The summed E-state index contributed by atoms with van der Waals surface area (Å²) in [6.07, 6.45) is 4.01. The summed E-state index contributed by atoms with van der Waals surface area (Å²) in [6.45, 7) is 2.81. The number of benzene rings is 2. The molecule has 0 amide bonds. The molecule has 0 spiro atoms. The van der Waals surface area contributed by atoms with E-state index < -0.39 is 0 Å². The van der Waals surface area contributed by atoms with E-state index in [0.717, 1.165) is 65.7 Å². The summed E-state index contributed by atoms with van der Waals surface area (Å²) >= 11 is 0. The lowest BCUT2D eigenvalue weighted by atomic mass is 9.96. The van der Waals surface area contributed by atoms with Crippen LogP contribution in [0.4, 0.5) is 5.95 Å². The van der Waals surface area contributed by atoms with Crippen molar-refractivity contribution in [3.8, 4) is 28.4 Å². The number of anilines is 1. The zero-order valence-corrected chi connectivity index (χ0v) is 19.7. The van der Waals surface area contributed by atoms with E-state index in [1.54, 1.807) is 13.3 Å². The highest BCUT2D eigenvalue weighted by molar-refractivity contribution is 5.77. The molecule has 5 rings (SSSR count). The average molecular weight is 455 g/mol. The first-order chi connectivity index (χ1) is 16.7. The minimum atomic E-state index is 0.432. The predicted molar refractivity (Wildman–Crippen MR) is 135 cm³/mol. The summed E-state index contributed by atoms with van der Waals surface area (Å²) in [5.74, 6) is 2.91. The van der Waals surface area contributed by atoms with Crippen molar-refractivity contribution in [2.24, 2.45) is 0 Å². The molecule has 3 heterocycles. The Labute approximate surface area is 200 Å². The Morgan fingerprint density at radius 3 is 2.50 bits per heavy atom. The van der Waals surface area contributed by atoms with Gasteiger partial charge in [0.05, 0.1) is 24.2 Å². The topological polar surface area (TPSA) is 79.0 Å². The van der Waals surface area contributed by atoms with Crippen LogP contribution in [0.15, 0.2) is 66.9 Å². The van der Waals surface area contributed by atoms with Crippen LogP contribution >= 0.6 is 0 Å². The monoisotopic (exact) mass is 454 g/mol. The second kappa shape index (κ2) is 10.1. The fourth-order valence-corrected chi connectivity index (χ4v) is 4.36. The maximum absolute atomic E-state index is 5.24. The maximum atomic E-state index is 5.24. The van der Waals surface area contributed by atoms with Gasteiger partial charge in [-0.25, -0.2) is 15.0 Å². The van der Waals surface area contributed by atoms with Gasteiger partial charge in [-0.1, -0.05) is 42.5 Å². The Kier molecular flexibility index (Phi) is 6.53. The van der Waals surface area contributed by atoms with E-state index in [2.05, 4.69) is 39.4 Å². The largest absolute Gasteiger partial charge is 0.497 e. The van der Waals surface area contributed by atoms with Crippen LogP contribution in [0, 0.1) is 0 Å². The van der Waals surface area contributed by atoms with Gasteiger partial charge in [-0.2, -0.15) is 0 Å². The van der Waals surface area contributed by atoms with Crippen LogP contribution in [0.5, 0.6) is 5.75 Å². The molecule has 0 aliphatic carbocycles. The van der Waals surface area contributed by atoms with Crippen LogP contribution in [0.1, 0.15) is 30.1 Å². The lowest BCUT2D eigenvalue weighted by molar-refractivity contribution is 0.251. The first-order valence-corrected chi connectivity index (χ1v) is 11.7. The third kappa shape index (κ3) is 4.94. The van der Waals surface area contributed by atoms with Crippen molar-refractivity contribution in [2.75, 3.05) is 32.6 Å². The highest BCUT2D eigenvalue weighted by Gasteiger charge is 2.24. The van der Waals surface area contributed by atoms with E-state index in [4.69, 9.17) is 14.7 Å². The molecule has 7 nitrogen and oxygen atoms in total. The Morgan fingerprint density at radius 1 is 1.00 bits per heavy atom. The fraction of sp³-hybridized carbons (Fsp3) is 0.296. The molecule has 174 valence electrons. The third-order valence-corrected chi connectivity index (χ3v) is 6.40. The van der Waals surface area contributed by atoms with E-state index in [-0.39, 0.29) is 0 Å². The van der Waals surface area contributed by atoms with Crippen molar-refractivity contribution in [1.29, 1.82) is 0 Å². The number of aromatic amines is 1. The second-order valence-corrected chi connectivity index (χ2v) is 8.76. The number of nitrogens with one attached hydrogen (secondary N) is 2. The number of methoxy groups -OCH3 is 1. The average Bonchev–Trinajstić information content (AvgIpc) is 3.34. The van der Waals surface area contributed by atoms with Gasteiger partial charge in [0.15, 0.2) is 0 Å². The number of H-pyrrole nitrogens is 1. The van der Waals surface area contributed by atoms with Gasteiger partial charge < -0.3 is 19.9 Å². The highest BCUT2D eigenvalue weighted by Crippen LogP contribution is 2.34. The van der Waals surface area contributed by atoms with Gasteiger partial charge in [0, 0.05) is 24.2 Å². The number of ether oxygens (including phenoxy) is 1. The van der Waals surface area contributed by atoms with E-state index in [0.29, 0.717) is 18.4 Å². The van der Waals surface area contributed by atoms with Gasteiger partial charge in [0.2, 0.25) is 5.95 Å². The maximum Gasteiger partial charge on any atom is 0.223 e. The van der Waals surface area contributed by atoms with Gasteiger partial charge in [-0.05, 0) is 56.7 Å². The Balaban J connectivity index is 1.42. The van der Waals surface area contributed by atoms with Crippen LogP contribution in [0.3, 0.4) is 0 Å². The zero-order chi connectivity index (χ0) is 23.3. The second-order valence-electron chi connectivity index (χ2n) is 8.76. The molecule has 2 aromatic heterocycles. The summed E-state index contributed by atoms with van der Waals surface area (Å²) in [5, 5.41) is 3.34. The first-order valence-electron chi connectivity index (χ1n) is 11.7. The van der Waals surface area contributed by atoms with Crippen molar-refractivity contribution >= 4 is 5.95 Å².